The van der Waals surface area contributed by atoms with Crippen molar-refractivity contribution in [2.75, 3.05) is 14.2 Å². The molecule has 0 radical (unpaired) electrons. The van der Waals surface area contributed by atoms with E-state index in [2.05, 4.69) is 0 Å². The zero-order valence-corrected chi connectivity index (χ0v) is 8.94. The van der Waals surface area contributed by atoms with E-state index in [4.69, 9.17) is 10.1 Å². The fourth-order valence-electron chi connectivity index (χ4n) is 1.23. The summed E-state index contributed by atoms with van der Waals surface area (Å²) in [6.07, 6.45) is 0. The standard InChI is InChI=1S/C11H12N2O2/c1-8-6-9(7-12)4-5-10(8)11(14)13(2)15-3/h4-6H,1-3H3. The van der Waals surface area contributed by atoms with Gasteiger partial charge in [0.25, 0.3) is 5.91 Å². The lowest BCUT2D eigenvalue weighted by molar-refractivity contribution is -0.0757. The number of hydrogen-bond donors (Lipinski definition) is 0. The first-order valence-electron chi connectivity index (χ1n) is 4.43. The van der Waals surface area contributed by atoms with Crippen molar-refractivity contribution < 1.29 is 9.63 Å². The molecule has 0 aliphatic carbocycles. The Morgan fingerprint density at radius 1 is 1.53 bits per heavy atom. The maximum Gasteiger partial charge on any atom is 0.277 e. The second-order valence-corrected chi connectivity index (χ2v) is 3.13. The summed E-state index contributed by atoms with van der Waals surface area (Å²) in [6.45, 7) is 1.79. The Morgan fingerprint density at radius 2 is 2.20 bits per heavy atom. The number of aryl methyl sites for hydroxylation is 1. The van der Waals surface area contributed by atoms with E-state index in [0.29, 0.717) is 11.1 Å². The van der Waals surface area contributed by atoms with Gasteiger partial charge in [-0.25, -0.2) is 5.06 Å². The molecule has 15 heavy (non-hydrogen) atoms. The molecule has 0 spiro atoms. The van der Waals surface area contributed by atoms with Gasteiger partial charge in [-0.15, -0.1) is 0 Å². The first-order valence-corrected chi connectivity index (χ1v) is 4.43. The maximum absolute atomic E-state index is 11.7. The Labute approximate surface area is 88.6 Å². The summed E-state index contributed by atoms with van der Waals surface area (Å²) in [6, 6.07) is 6.94. The Kier molecular flexibility index (Phi) is 3.42. The molecule has 1 aromatic carbocycles. The highest BCUT2D eigenvalue weighted by molar-refractivity contribution is 5.94. The van der Waals surface area contributed by atoms with Crippen molar-refractivity contribution in [3.8, 4) is 6.07 Å². The van der Waals surface area contributed by atoms with Gasteiger partial charge >= 0.3 is 0 Å². The molecule has 0 saturated carbocycles. The lowest BCUT2D eigenvalue weighted by Crippen LogP contribution is -2.26. The SMILES string of the molecule is CON(C)C(=O)c1ccc(C#N)cc1C. The average molecular weight is 204 g/mol. The highest BCUT2D eigenvalue weighted by Crippen LogP contribution is 2.12. The monoisotopic (exact) mass is 204 g/mol. The van der Waals surface area contributed by atoms with Crippen LogP contribution in [0.2, 0.25) is 0 Å². The average Bonchev–Trinajstić information content (AvgIpc) is 2.26. The van der Waals surface area contributed by atoms with Gasteiger partial charge in [0.05, 0.1) is 18.7 Å². The highest BCUT2D eigenvalue weighted by Gasteiger charge is 2.13. The minimum atomic E-state index is -0.223. The molecule has 0 aliphatic rings. The number of hydroxylamine groups is 2. The molecule has 0 N–H and O–H groups in total. The van der Waals surface area contributed by atoms with Crippen LogP contribution in [0.25, 0.3) is 0 Å². The summed E-state index contributed by atoms with van der Waals surface area (Å²) >= 11 is 0. The number of hydrogen-bond acceptors (Lipinski definition) is 3. The maximum atomic E-state index is 11.7. The fraction of sp³-hybridized carbons (Fsp3) is 0.273. The van der Waals surface area contributed by atoms with Crippen molar-refractivity contribution in [2.45, 2.75) is 6.92 Å². The molecule has 0 bridgehead atoms. The van der Waals surface area contributed by atoms with Crippen LogP contribution in [0.1, 0.15) is 21.5 Å². The van der Waals surface area contributed by atoms with Crippen LogP contribution in [0.3, 0.4) is 0 Å². The number of benzene rings is 1. The first-order chi connectivity index (χ1) is 7.10. The van der Waals surface area contributed by atoms with E-state index in [1.807, 2.05) is 6.07 Å². The van der Waals surface area contributed by atoms with Crippen molar-refractivity contribution in [1.82, 2.24) is 5.06 Å². The van der Waals surface area contributed by atoms with Crippen LogP contribution in [-0.4, -0.2) is 25.1 Å². The molecule has 0 saturated heterocycles. The van der Waals surface area contributed by atoms with Gasteiger partial charge in [0.15, 0.2) is 0 Å². The molecule has 1 rings (SSSR count). The van der Waals surface area contributed by atoms with Crippen LogP contribution < -0.4 is 0 Å². The topological polar surface area (TPSA) is 53.3 Å². The molecular weight excluding hydrogens is 192 g/mol. The van der Waals surface area contributed by atoms with Gasteiger partial charge in [0, 0.05) is 12.6 Å². The van der Waals surface area contributed by atoms with E-state index in [1.165, 1.54) is 7.11 Å². The van der Waals surface area contributed by atoms with E-state index >= 15 is 0 Å². The molecule has 0 aromatic heterocycles. The number of nitrogens with zero attached hydrogens (tertiary/aromatic N) is 2. The minimum absolute atomic E-state index is 0.223. The van der Waals surface area contributed by atoms with Crippen molar-refractivity contribution in [3.63, 3.8) is 0 Å². The van der Waals surface area contributed by atoms with E-state index in [0.717, 1.165) is 10.6 Å². The van der Waals surface area contributed by atoms with Crippen LogP contribution in [0, 0.1) is 18.3 Å². The molecule has 0 atom stereocenters. The van der Waals surface area contributed by atoms with E-state index in [1.54, 1.807) is 32.2 Å². The zero-order chi connectivity index (χ0) is 11.4. The predicted octanol–water partition coefficient (Wildman–Crippen LogP) is 1.50. The normalized spacial score (nSPS) is 9.47. The molecule has 0 heterocycles. The summed E-state index contributed by atoms with van der Waals surface area (Å²) in [5.41, 5.74) is 1.85. The van der Waals surface area contributed by atoms with E-state index in [-0.39, 0.29) is 5.91 Å². The predicted molar refractivity (Wildman–Crippen MR) is 55.0 cm³/mol. The summed E-state index contributed by atoms with van der Waals surface area (Å²) in [7, 11) is 2.97. The Bertz CT molecular complexity index is 421. The third kappa shape index (κ3) is 2.33. The molecule has 0 aliphatic heterocycles. The second kappa shape index (κ2) is 4.58. The molecule has 0 fully saturated rings. The van der Waals surface area contributed by atoms with Crippen LogP contribution in [-0.2, 0) is 4.84 Å². The van der Waals surface area contributed by atoms with E-state index in [9.17, 15) is 4.79 Å². The highest BCUT2D eigenvalue weighted by atomic mass is 16.7. The largest absolute Gasteiger partial charge is 0.277 e. The molecular formula is C11H12N2O2. The second-order valence-electron chi connectivity index (χ2n) is 3.13. The molecule has 1 amide bonds. The molecule has 0 unspecified atom stereocenters. The van der Waals surface area contributed by atoms with Gasteiger partial charge in [-0.3, -0.25) is 9.63 Å². The van der Waals surface area contributed by atoms with Crippen molar-refractivity contribution in [1.29, 1.82) is 5.26 Å². The van der Waals surface area contributed by atoms with Crippen LogP contribution in [0.5, 0.6) is 0 Å². The van der Waals surface area contributed by atoms with Crippen LogP contribution in [0.4, 0.5) is 0 Å². The molecule has 1 aromatic rings. The number of rotatable bonds is 2. The van der Waals surface area contributed by atoms with Crippen molar-refractivity contribution in [3.05, 3.63) is 34.9 Å². The van der Waals surface area contributed by atoms with Crippen molar-refractivity contribution >= 4 is 5.91 Å². The quantitative estimate of drug-likeness (QED) is 0.686. The number of amides is 1. The Balaban J connectivity index is 3.07. The van der Waals surface area contributed by atoms with Gasteiger partial charge < -0.3 is 0 Å². The van der Waals surface area contributed by atoms with Gasteiger partial charge in [0.2, 0.25) is 0 Å². The summed E-state index contributed by atoms with van der Waals surface area (Å²) < 4.78 is 0. The zero-order valence-electron chi connectivity index (χ0n) is 8.94. The van der Waals surface area contributed by atoms with E-state index < -0.39 is 0 Å². The van der Waals surface area contributed by atoms with Gasteiger partial charge in [-0.2, -0.15) is 5.26 Å². The number of carbonyl (C=O) groups is 1. The number of carbonyl (C=O) groups excluding carboxylic acids is 1. The summed E-state index contributed by atoms with van der Waals surface area (Å²) in [5.74, 6) is -0.223. The molecule has 4 nitrogen and oxygen atoms in total. The number of nitriles is 1. The van der Waals surface area contributed by atoms with Crippen LogP contribution >= 0.6 is 0 Å². The minimum Gasteiger partial charge on any atom is -0.274 e. The third-order valence-corrected chi connectivity index (χ3v) is 2.15. The molecule has 78 valence electrons. The fourth-order valence-corrected chi connectivity index (χ4v) is 1.23. The van der Waals surface area contributed by atoms with Gasteiger partial charge in [-0.05, 0) is 30.7 Å². The Hall–Kier alpha value is -1.86. The van der Waals surface area contributed by atoms with Crippen LogP contribution in [0.15, 0.2) is 18.2 Å². The van der Waals surface area contributed by atoms with Gasteiger partial charge in [-0.1, -0.05) is 0 Å². The smallest absolute Gasteiger partial charge is 0.274 e. The van der Waals surface area contributed by atoms with Gasteiger partial charge in [0.1, 0.15) is 0 Å². The summed E-state index contributed by atoms with van der Waals surface area (Å²) in [4.78, 5) is 16.5. The lowest BCUT2D eigenvalue weighted by atomic mass is 10.1. The van der Waals surface area contributed by atoms with Crippen molar-refractivity contribution in [2.24, 2.45) is 0 Å². The molecule has 4 heteroatoms. The first kappa shape index (κ1) is 11.2. The lowest BCUT2D eigenvalue weighted by Gasteiger charge is -2.14. The summed E-state index contributed by atoms with van der Waals surface area (Å²) in [5, 5.41) is 9.82. The third-order valence-electron chi connectivity index (χ3n) is 2.15. The Morgan fingerprint density at radius 3 is 2.67 bits per heavy atom.